The van der Waals surface area contributed by atoms with Gasteiger partial charge in [-0.05, 0) is 48.9 Å². The maximum Gasteiger partial charge on any atom is 0.213 e. The van der Waals surface area contributed by atoms with E-state index in [-0.39, 0.29) is 12.3 Å². The van der Waals surface area contributed by atoms with Gasteiger partial charge in [-0.25, -0.2) is 5.01 Å². The van der Waals surface area contributed by atoms with Crippen LogP contribution in [-0.2, 0) is 0 Å². The molecule has 2 aliphatic rings. The largest absolute Gasteiger partial charge is 0.492 e. The maximum atomic E-state index is 6.44. The molecule has 2 atom stereocenters. The number of hydrogen-bond acceptors (Lipinski definition) is 4. The summed E-state index contributed by atoms with van der Waals surface area (Å²) in [5.74, 6) is 1.61. The van der Waals surface area contributed by atoms with E-state index in [9.17, 15) is 0 Å². The molecule has 0 spiro atoms. The molecule has 30 heavy (non-hydrogen) atoms. The van der Waals surface area contributed by atoms with Crippen LogP contribution < -0.4 is 9.47 Å². The van der Waals surface area contributed by atoms with E-state index in [0.29, 0.717) is 17.4 Å². The summed E-state index contributed by atoms with van der Waals surface area (Å²) in [5, 5.41) is 7.66. The molecule has 3 aromatic carbocycles. The SMILES string of the molecule is CCOc1ccc(C2=NN3[C@@H](C2)c2ccccc2O[C@H]3c2ccc(Br)cc2)cc1Cl. The van der Waals surface area contributed by atoms with Crippen molar-refractivity contribution in [3.8, 4) is 11.5 Å². The summed E-state index contributed by atoms with van der Waals surface area (Å²) in [7, 11) is 0. The zero-order chi connectivity index (χ0) is 20.7. The van der Waals surface area contributed by atoms with E-state index < -0.39 is 0 Å². The molecule has 2 heterocycles. The highest BCUT2D eigenvalue weighted by Crippen LogP contribution is 2.47. The molecule has 0 radical (unpaired) electrons. The molecule has 0 unspecified atom stereocenters. The molecule has 0 amide bonds. The number of nitrogens with zero attached hydrogens (tertiary/aromatic N) is 2. The summed E-state index contributed by atoms with van der Waals surface area (Å²) in [5.41, 5.74) is 4.21. The van der Waals surface area contributed by atoms with Crippen LogP contribution in [0.25, 0.3) is 0 Å². The Balaban J connectivity index is 1.54. The van der Waals surface area contributed by atoms with Gasteiger partial charge in [0.15, 0.2) is 0 Å². The fourth-order valence-electron chi connectivity index (χ4n) is 4.01. The van der Waals surface area contributed by atoms with Crippen molar-refractivity contribution >= 4 is 33.2 Å². The predicted molar refractivity (Wildman–Crippen MR) is 122 cm³/mol. The van der Waals surface area contributed by atoms with Crippen molar-refractivity contribution in [2.75, 3.05) is 6.61 Å². The first-order valence-corrected chi connectivity index (χ1v) is 11.1. The van der Waals surface area contributed by atoms with Crippen molar-refractivity contribution in [2.24, 2.45) is 5.10 Å². The third kappa shape index (κ3) is 3.46. The predicted octanol–water partition coefficient (Wildman–Crippen LogP) is 6.74. The average molecular weight is 484 g/mol. The van der Waals surface area contributed by atoms with Crippen LogP contribution in [0.1, 0.15) is 42.3 Å². The van der Waals surface area contributed by atoms with Gasteiger partial charge < -0.3 is 9.47 Å². The maximum absolute atomic E-state index is 6.44. The number of fused-ring (bicyclic) bond motifs is 3. The lowest BCUT2D eigenvalue weighted by molar-refractivity contribution is -0.0190. The number of hydrogen-bond donors (Lipinski definition) is 0. The van der Waals surface area contributed by atoms with E-state index in [0.717, 1.165) is 39.0 Å². The van der Waals surface area contributed by atoms with Gasteiger partial charge >= 0.3 is 0 Å². The number of benzene rings is 3. The molecule has 0 fully saturated rings. The normalized spacial score (nSPS) is 19.6. The summed E-state index contributed by atoms with van der Waals surface area (Å²) in [6.07, 6.45) is 0.506. The summed E-state index contributed by atoms with van der Waals surface area (Å²) < 4.78 is 13.0. The standard InChI is InChI=1S/C24H20BrClN2O2/c1-2-29-23-12-9-16(13-19(23)26)20-14-21-18-5-3-4-6-22(18)30-24(28(21)27-20)15-7-10-17(25)11-8-15/h3-13,21,24H,2,14H2,1H3/t21-,24-/m0/s1. The number of hydrazone groups is 1. The smallest absolute Gasteiger partial charge is 0.213 e. The molecule has 2 aliphatic heterocycles. The van der Waals surface area contributed by atoms with Crippen LogP contribution in [0, 0.1) is 0 Å². The van der Waals surface area contributed by atoms with Crippen LogP contribution in [0.2, 0.25) is 5.02 Å². The van der Waals surface area contributed by atoms with Crippen LogP contribution in [0.4, 0.5) is 0 Å². The van der Waals surface area contributed by atoms with Crippen LogP contribution in [-0.4, -0.2) is 17.3 Å². The first kappa shape index (κ1) is 19.5. The lowest BCUT2D eigenvalue weighted by Gasteiger charge is -2.38. The third-order valence-corrected chi connectivity index (χ3v) is 6.24. The zero-order valence-corrected chi connectivity index (χ0v) is 18.7. The number of para-hydroxylation sites is 1. The molecule has 0 aliphatic carbocycles. The molecular weight excluding hydrogens is 464 g/mol. The number of rotatable bonds is 4. The monoisotopic (exact) mass is 482 g/mol. The van der Waals surface area contributed by atoms with Gasteiger partial charge in [0.05, 0.1) is 23.4 Å². The molecular formula is C24H20BrClN2O2. The number of halogens is 2. The van der Waals surface area contributed by atoms with E-state index in [1.54, 1.807) is 0 Å². The summed E-state index contributed by atoms with van der Waals surface area (Å²) in [4.78, 5) is 0. The lowest BCUT2D eigenvalue weighted by Crippen LogP contribution is -2.33. The Morgan fingerprint density at radius 3 is 2.70 bits per heavy atom. The Morgan fingerprint density at radius 2 is 1.93 bits per heavy atom. The molecule has 0 N–H and O–H groups in total. The second-order valence-corrected chi connectivity index (χ2v) is 8.61. The van der Waals surface area contributed by atoms with Crippen molar-refractivity contribution < 1.29 is 9.47 Å². The van der Waals surface area contributed by atoms with Gasteiger partial charge in [-0.3, -0.25) is 0 Å². The van der Waals surface area contributed by atoms with Crippen LogP contribution >= 0.6 is 27.5 Å². The molecule has 0 bridgehead atoms. The van der Waals surface area contributed by atoms with Gasteiger partial charge in [-0.2, -0.15) is 5.10 Å². The minimum absolute atomic E-state index is 0.115. The highest BCUT2D eigenvalue weighted by Gasteiger charge is 2.40. The minimum atomic E-state index is -0.284. The molecule has 5 rings (SSSR count). The van der Waals surface area contributed by atoms with Gasteiger partial charge in [0.1, 0.15) is 11.5 Å². The Kier molecular flexibility index (Phi) is 5.17. The molecule has 6 heteroatoms. The van der Waals surface area contributed by atoms with Crippen LogP contribution in [0.5, 0.6) is 11.5 Å². The summed E-state index contributed by atoms with van der Waals surface area (Å²) in [6, 6.07) is 22.4. The van der Waals surface area contributed by atoms with Crippen molar-refractivity contribution in [1.82, 2.24) is 5.01 Å². The van der Waals surface area contributed by atoms with Crippen molar-refractivity contribution in [3.63, 3.8) is 0 Å². The van der Waals surface area contributed by atoms with E-state index in [1.165, 1.54) is 0 Å². The van der Waals surface area contributed by atoms with E-state index in [2.05, 4.69) is 39.1 Å². The molecule has 0 aromatic heterocycles. The van der Waals surface area contributed by atoms with Gasteiger partial charge in [-0.15, -0.1) is 0 Å². The average Bonchev–Trinajstić information content (AvgIpc) is 3.21. The van der Waals surface area contributed by atoms with Crippen LogP contribution in [0.3, 0.4) is 0 Å². The van der Waals surface area contributed by atoms with Gasteiger partial charge in [0.2, 0.25) is 6.23 Å². The first-order valence-electron chi connectivity index (χ1n) is 9.93. The molecule has 0 saturated heterocycles. The molecule has 4 nitrogen and oxygen atoms in total. The molecule has 3 aromatic rings. The van der Waals surface area contributed by atoms with E-state index >= 15 is 0 Å². The summed E-state index contributed by atoms with van der Waals surface area (Å²) >= 11 is 9.95. The third-order valence-electron chi connectivity index (χ3n) is 5.42. The topological polar surface area (TPSA) is 34.1 Å². The Morgan fingerprint density at radius 1 is 1.13 bits per heavy atom. The first-order chi connectivity index (χ1) is 14.6. The van der Waals surface area contributed by atoms with Crippen molar-refractivity contribution in [2.45, 2.75) is 25.6 Å². The Bertz CT molecular complexity index is 1120. The fraction of sp³-hybridized carbons (Fsp3) is 0.208. The second kappa shape index (κ2) is 7.97. The Labute approximate surface area is 189 Å². The lowest BCUT2D eigenvalue weighted by atomic mass is 9.96. The van der Waals surface area contributed by atoms with E-state index in [4.69, 9.17) is 26.2 Å². The quantitative estimate of drug-likeness (QED) is 0.412. The van der Waals surface area contributed by atoms with Crippen molar-refractivity contribution in [1.29, 1.82) is 0 Å². The number of ether oxygens (including phenoxy) is 2. The fourth-order valence-corrected chi connectivity index (χ4v) is 4.51. The van der Waals surface area contributed by atoms with Crippen molar-refractivity contribution in [3.05, 3.63) is 92.9 Å². The minimum Gasteiger partial charge on any atom is -0.492 e. The molecule has 152 valence electrons. The van der Waals surface area contributed by atoms with Gasteiger partial charge in [-0.1, -0.05) is 57.9 Å². The van der Waals surface area contributed by atoms with Crippen LogP contribution in [0.15, 0.2) is 76.3 Å². The van der Waals surface area contributed by atoms with E-state index in [1.807, 2.05) is 55.5 Å². The summed E-state index contributed by atoms with van der Waals surface area (Å²) in [6.45, 7) is 2.53. The van der Waals surface area contributed by atoms with Gasteiger partial charge in [0, 0.05) is 22.0 Å². The van der Waals surface area contributed by atoms with Gasteiger partial charge in [0.25, 0.3) is 0 Å². The highest BCUT2D eigenvalue weighted by molar-refractivity contribution is 9.10. The molecule has 0 saturated carbocycles. The highest BCUT2D eigenvalue weighted by atomic mass is 79.9. The second-order valence-electron chi connectivity index (χ2n) is 7.28. The zero-order valence-electron chi connectivity index (χ0n) is 16.4. The Hall–Kier alpha value is -2.50.